The van der Waals surface area contributed by atoms with Crippen LogP contribution in [0.2, 0.25) is 0 Å². The van der Waals surface area contributed by atoms with Gasteiger partial charge in [-0.3, -0.25) is 4.57 Å². The number of benzene rings is 6. The van der Waals surface area contributed by atoms with E-state index in [-0.39, 0.29) is 0 Å². The number of aromatic nitrogens is 4. The first-order valence-electron chi connectivity index (χ1n) is 14.9. The summed E-state index contributed by atoms with van der Waals surface area (Å²) in [5.74, 6) is 0.665. The van der Waals surface area contributed by atoms with E-state index in [0.29, 0.717) is 5.95 Å². The Morgan fingerprint density at radius 1 is 0.386 bits per heavy atom. The average Bonchev–Trinajstić information content (AvgIpc) is 3.57. The molecule has 44 heavy (non-hydrogen) atoms. The minimum absolute atomic E-state index is 0.665. The SMILES string of the molecule is c1ccc(-c2cc(-c3ccccc3)nc(-n3c4cccc5c6ccccc6n6c7ccccc7c7ccc3c(c54)c76)n2)cc1. The number of nitrogens with zero attached hydrogens (tertiary/aromatic N) is 4. The highest BCUT2D eigenvalue weighted by atomic mass is 15.2. The lowest BCUT2D eigenvalue weighted by molar-refractivity contribution is 0.996. The monoisotopic (exact) mass is 560 g/mol. The fourth-order valence-corrected chi connectivity index (χ4v) is 7.23. The molecule has 4 heteroatoms. The van der Waals surface area contributed by atoms with Crippen molar-refractivity contribution in [1.29, 1.82) is 0 Å². The van der Waals surface area contributed by atoms with Crippen LogP contribution >= 0.6 is 0 Å². The molecule has 0 saturated heterocycles. The number of hydrogen-bond donors (Lipinski definition) is 0. The van der Waals surface area contributed by atoms with Crippen molar-refractivity contribution < 1.29 is 0 Å². The summed E-state index contributed by atoms with van der Waals surface area (Å²) in [5, 5.41) is 7.42. The molecule has 0 aliphatic rings. The van der Waals surface area contributed by atoms with Gasteiger partial charge in [-0.25, -0.2) is 9.97 Å². The third kappa shape index (κ3) is 3.11. The average molecular weight is 561 g/mol. The van der Waals surface area contributed by atoms with E-state index in [4.69, 9.17) is 9.97 Å². The van der Waals surface area contributed by atoms with E-state index in [1.807, 2.05) is 12.1 Å². The van der Waals surface area contributed by atoms with Gasteiger partial charge in [0.05, 0.1) is 39.0 Å². The quantitative estimate of drug-likeness (QED) is 0.215. The smallest absolute Gasteiger partial charge is 0.235 e. The highest BCUT2D eigenvalue weighted by Crippen LogP contribution is 2.45. The predicted molar refractivity (Wildman–Crippen MR) is 182 cm³/mol. The van der Waals surface area contributed by atoms with Crippen molar-refractivity contribution in [2.45, 2.75) is 0 Å². The Bertz CT molecular complexity index is 2640. The second-order valence-corrected chi connectivity index (χ2v) is 11.4. The predicted octanol–water partition coefficient (Wildman–Crippen LogP) is 10.1. The van der Waals surface area contributed by atoms with Gasteiger partial charge in [0.15, 0.2) is 0 Å². The summed E-state index contributed by atoms with van der Waals surface area (Å²) in [6.45, 7) is 0. The summed E-state index contributed by atoms with van der Waals surface area (Å²) < 4.78 is 4.73. The van der Waals surface area contributed by atoms with Crippen LogP contribution in [0.15, 0.2) is 146 Å². The standard InChI is InChI=1S/C40H24N4/c1-3-12-25(13-4-1)31-24-32(26-14-5-2-6-15-26)42-40(41-31)44-35-21-11-18-29-27-16-7-9-19-33(27)43-34-20-10-8-17-28(34)30-22-23-36(44)38(37(29)35)39(30)43/h1-24H. The van der Waals surface area contributed by atoms with E-state index >= 15 is 0 Å². The van der Waals surface area contributed by atoms with Gasteiger partial charge in [-0.1, -0.05) is 115 Å². The van der Waals surface area contributed by atoms with Gasteiger partial charge in [0.1, 0.15) is 0 Å². The first kappa shape index (κ1) is 23.6. The van der Waals surface area contributed by atoms with Crippen LogP contribution in [0.4, 0.5) is 0 Å². The zero-order chi connectivity index (χ0) is 28.8. The molecule has 0 spiro atoms. The summed E-state index contributed by atoms with van der Waals surface area (Å²) in [7, 11) is 0. The molecule has 204 valence electrons. The Morgan fingerprint density at radius 2 is 0.909 bits per heavy atom. The van der Waals surface area contributed by atoms with Crippen molar-refractivity contribution >= 4 is 59.9 Å². The minimum atomic E-state index is 0.665. The Kier molecular flexibility index (Phi) is 4.69. The molecule has 0 N–H and O–H groups in total. The molecule has 0 unspecified atom stereocenters. The zero-order valence-electron chi connectivity index (χ0n) is 23.6. The van der Waals surface area contributed by atoms with E-state index in [0.717, 1.165) is 33.5 Å². The van der Waals surface area contributed by atoms with Gasteiger partial charge in [-0.2, -0.15) is 0 Å². The van der Waals surface area contributed by atoms with Gasteiger partial charge < -0.3 is 4.40 Å². The first-order valence-corrected chi connectivity index (χ1v) is 14.9. The zero-order valence-corrected chi connectivity index (χ0v) is 23.6. The first-order chi connectivity index (χ1) is 21.8. The summed E-state index contributed by atoms with van der Waals surface area (Å²) in [6, 6.07) is 51.6. The molecule has 4 nitrogen and oxygen atoms in total. The van der Waals surface area contributed by atoms with E-state index in [2.05, 4.69) is 142 Å². The van der Waals surface area contributed by atoms with Crippen molar-refractivity contribution in [2.75, 3.05) is 0 Å². The molecule has 10 rings (SSSR count). The molecule has 4 aromatic heterocycles. The molecule has 0 aliphatic heterocycles. The van der Waals surface area contributed by atoms with Crippen molar-refractivity contribution in [3.63, 3.8) is 0 Å². The number of hydrogen-bond acceptors (Lipinski definition) is 2. The highest BCUT2D eigenvalue weighted by Gasteiger charge is 2.24. The van der Waals surface area contributed by atoms with Gasteiger partial charge in [-0.05, 0) is 35.7 Å². The molecule has 4 heterocycles. The van der Waals surface area contributed by atoms with Gasteiger partial charge in [0.25, 0.3) is 0 Å². The maximum absolute atomic E-state index is 5.25. The third-order valence-corrected chi connectivity index (χ3v) is 9.08. The maximum Gasteiger partial charge on any atom is 0.235 e. The fourth-order valence-electron chi connectivity index (χ4n) is 7.23. The highest BCUT2D eigenvalue weighted by molar-refractivity contribution is 6.33. The fraction of sp³-hybridized carbons (Fsp3) is 0. The lowest BCUT2D eigenvalue weighted by Crippen LogP contribution is -2.04. The van der Waals surface area contributed by atoms with Gasteiger partial charge in [0, 0.05) is 38.1 Å². The van der Waals surface area contributed by atoms with Crippen molar-refractivity contribution in [2.24, 2.45) is 0 Å². The molecule has 0 atom stereocenters. The van der Waals surface area contributed by atoms with Crippen LogP contribution in [0, 0.1) is 0 Å². The van der Waals surface area contributed by atoms with Gasteiger partial charge >= 0.3 is 0 Å². The third-order valence-electron chi connectivity index (χ3n) is 9.08. The topological polar surface area (TPSA) is 35.1 Å². The molecular weight excluding hydrogens is 536 g/mol. The van der Waals surface area contributed by atoms with E-state index in [1.54, 1.807) is 0 Å². The van der Waals surface area contributed by atoms with Gasteiger partial charge in [0.2, 0.25) is 5.95 Å². The molecule has 6 aromatic carbocycles. The van der Waals surface area contributed by atoms with Crippen LogP contribution in [0.1, 0.15) is 0 Å². The summed E-state index contributed by atoms with van der Waals surface area (Å²) >= 11 is 0. The summed E-state index contributed by atoms with van der Waals surface area (Å²) in [4.78, 5) is 10.5. The van der Waals surface area contributed by atoms with E-state index in [9.17, 15) is 0 Å². The van der Waals surface area contributed by atoms with Crippen LogP contribution in [0.3, 0.4) is 0 Å². The van der Waals surface area contributed by atoms with Crippen LogP contribution in [0.25, 0.3) is 88.4 Å². The number of para-hydroxylation sites is 2. The molecular formula is C40H24N4. The number of rotatable bonds is 3. The Labute approximate surface area is 252 Å². The Hall–Kier alpha value is -6.00. The second-order valence-electron chi connectivity index (χ2n) is 11.4. The van der Waals surface area contributed by atoms with E-state index in [1.165, 1.54) is 48.9 Å². The normalized spacial score (nSPS) is 12.1. The van der Waals surface area contributed by atoms with Crippen LogP contribution in [-0.4, -0.2) is 18.9 Å². The second kappa shape index (κ2) is 8.76. The lowest BCUT2D eigenvalue weighted by Gasteiger charge is -2.12. The van der Waals surface area contributed by atoms with E-state index < -0.39 is 0 Å². The maximum atomic E-state index is 5.25. The van der Waals surface area contributed by atoms with Crippen molar-refractivity contribution in [3.8, 4) is 28.5 Å². The molecule has 0 bridgehead atoms. The Balaban J connectivity index is 1.43. The van der Waals surface area contributed by atoms with Gasteiger partial charge in [-0.15, -0.1) is 0 Å². The van der Waals surface area contributed by atoms with Crippen molar-refractivity contribution in [3.05, 3.63) is 146 Å². The van der Waals surface area contributed by atoms with Crippen molar-refractivity contribution in [1.82, 2.24) is 18.9 Å². The van der Waals surface area contributed by atoms with Crippen LogP contribution in [-0.2, 0) is 0 Å². The number of fused-ring (bicyclic) bond motifs is 6. The minimum Gasteiger partial charge on any atom is -0.308 e. The van der Waals surface area contributed by atoms with Crippen LogP contribution < -0.4 is 0 Å². The molecule has 0 saturated carbocycles. The van der Waals surface area contributed by atoms with Crippen LogP contribution in [0.5, 0.6) is 0 Å². The summed E-state index contributed by atoms with van der Waals surface area (Å²) in [5.41, 5.74) is 9.76. The Morgan fingerprint density at radius 3 is 1.57 bits per heavy atom. The lowest BCUT2D eigenvalue weighted by atomic mass is 10.0. The molecule has 0 amide bonds. The summed E-state index contributed by atoms with van der Waals surface area (Å²) in [6.07, 6.45) is 0. The molecule has 10 aromatic rings. The largest absolute Gasteiger partial charge is 0.308 e. The molecule has 0 fully saturated rings. The molecule has 0 radical (unpaired) electrons. The molecule has 0 aliphatic carbocycles.